The Bertz CT molecular complexity index is 633. The number of nitrogens with zero attached hydrogens (tertiary/aromatic N) is 4. The van der Waals surface area contributed by atoms with Crippen molar-refractivity contribution >= 4 is 23.2 Å². The van der Waals surface area contributed by atoms with Gasteiger partial charge in [0.2, 0.25) is 0 Å². The summed E-state index contributed by atoms with van der Waals surface area (Å²) in [4.78, 5) is 8.85. The van der Waals surface area contributed by atoms with E-state index in [1.807, 2.05) is 13.2 Å². The SMILES string of the molecule is CCCc1c(Cl)nc(-c2cn(C)nc2C(C)(C)C)nc1Cl. The van der Waals surface area contributed by atoms with Crippen LogP contribution in [-0.2, 0) is 18.9 Å². The maximum Gasteiger partial charge on any atom is 0.166 e. The molecular formula is C15H20Cl2N4. The average Bonchev–Trinajstić information content (AvgIpc) is 2.75. The van der Waals surface area contributed by atoms with Gasteiger partial charge >= 0.3 is 0 Å². The highest BCUT2D eigenvalue weighted by Gasteiger charge is 2.25. The van der Waals surface area contributed by atoms with E-state index in [0.717, 1.165) is 29.7 Å². The lowest BCUT2D eigenvalue weighted by Crippen LogP contribution is -2.14. The predicted molar refractivity (Wildman–Crippen MR) is 86.9 cm³/mol. The van der Waals surface area contributed by atoms with Gasteiger partial charge in [-0.05, 0) is 6.42 Å². The quantitative estimate of drug-likeness (QED) is 0.783. The molecule has 2 aromatic rings. The lowest BCUT2D eigenvalue weighted by molar-refractivity contribution is 0.554. The molecule has 0 aliphatic heterocycles. The molecule has 0 unspecified atom stereocenters. The van der Waals surface area contributed by atoms with Crippen LogP contribution in [-0.4, -0.2) is 19.7 Å². The Labute approximate surface area is 135 Å². The summed E-state index contributed by atoms with van der Waals surface area (Å²) in [5, 5.41) is 5.38. The summed E-state index contributed by atoms with van der Waals surface area (Å²) in [5.41, 5.74) is 2.50. The first-order valence-corrected chi connectivity index (χ1v) is 7.76. The molecule has 6 heteroatoms. The van der Waals surface area contributed by atoms with Crippen molar-refractivity contribution in [2.45, 2.75) is 46.0 Å². The molecule has 0 N–H and O–H groups in total. The van der Waals surface area contributed by atoms with E-state index in [9.17, 15) is 0 Å². The minimum atomic E-state index is -0.110. The van der Waals surface area contributed by atoms with Crippen molar-refractivity contribution in [1.29, 1.82) is 0 Å². The van der Waals surface area contributed by atoms with Crippen LogP contribution in [0, 0.1) is 0 Å². The van der Waals surface area contributed by atoms with Gasteiger partial charge in [0, 0.05) is 24.2 Å². The third-order valence-corrected chi connectivity index (χ3v) is 3.81. The fourth-order valence-electron chi connectivity index (χ4n) is 2.21. The normalized spacial score (nSPS) is 12.0. The monoisotopic (exact) mass is 326 g/mol. The van der Waals surface area contributed by atoms with E-state index in [1.165, 1.54) is 0 Å². The summed E-state index contributed by atoms with van der Waals surface area (Å²) in [5.74, 6) is 0.530. The topological polar surface area (TPSA) is 43.6 Å². The molecule has 0 saturated carbocycles. The summed E-state index contributed by atoms with van der Waals surface area (Å²) in [6, 6.07) is 0. The minimum absolute atomic E-state index is 0.110. The Balaban J connectivity index is 2.58. The van der Waals surface area contributed by atoms with E-state index in [0.29, 0.717) is 16.1 Å². The second-order valence-corrected chi connectivity index (χ2v) is 6.89. The van der Waals surface area contributed by atoms with E-state index in [1.54, 1.807) is 4.68 Å². The summed E-state index contributed by atoms with van der Waals surface area (Å²) >= 11 is 12.5. The predicted octanol–water partition coefficient (Wildman–Crippen LogP) is 4.43. The Kier molecular flexibility index (Phi) is 4.59. The summed E-state index contributed by atoms with van der Waals surface area (Å²) < 4.78 is 1.76. The smallest absolute Gasteiger partial charge is 0.166 e. The zero-order valence-electron chi connectivity index (χ0n) is 13.0. The third kappa shape index (κ3) is 3.38. The van der Waals surface area contributed by atoms with Crippen LogP contribution in [0.15, 0.2) is 6.20 Å². The number of hydrogen-bond acceptors (Lipinski definition) is 3. The van der Waals surface area contributed by atoms with Crippen LogP contribution in [0.5, 0.6) is 0 Å². The highest BCUT2D eigenvalue weighted by atomic mass is 35.5. The van der Waals surface area contributed by atoms with Crippen molar-refractivity contribution in [3.8, 4) is 11.4 Å². The van der Waals surface area contributed by atoms with Crippen LogP contribution >= 0.6 is 23.2 Å². The minimum Gasteiger partial charge on any atom is -0.275 e. The number of hydrogen-bond donors (Lipinski definition) is 0. The van der Waals surface area contributed by atoms with Gasteiger partial charge in [0.05, 0.1) is 11.3 Å². The van der Waals surface area contributed by atoms with E-state index in [-0.39, 0.29) is 5.41 Å². The van der Waals surface area contributed by atoms with Crippen LogP contribution in [0.3, 0.4) is 0 Å². The van der Waals surface area contributed by atoms with Gasteiger partial charge in [-0.25, -0.2) is 9.97 Å². The average molecular weight is 327 g/mol. The molecule has 0 amide bonds. The fourth-order valence-corrected chi connectivity index (χ4v) is 2.79. The molecular weight excluding hydrogens is 307 g/mol. The standard InChI is InChI=1S/C15H20Cl2N4/c1-6-7-9-12(16)18-14(19-13(9)17)10-8-21(5)20-11(10)15(2,3)4/h8H,6-7H2,1-5H3. The maximum absolute atomic E-state index is 6.27. The van der Waals surface area contributed by atoms with E-state index >= 15 is 0 Å². The lowest BCUT2D eigenvalue weighted by Gasteiger charge is -2.17. The molecule has 0 aliphatic carbocycles. The van der Waals surface area contributed by atoms with Crippen molar-refractivity contribution in [3.63, 3.8) is 0 Å². The van der Waals surface area contributed by atoms with Crippen LogP contribution in [0.25, 0.3) is 11.4 Å². The zero-order valence-corrected chi connectivity index (χ0v) is 14.5. The molecule has 0 atom stereocenters. The Morgan fingerprint density at radius 1 is 1.14 bits per heavy atom. The molecule has 114 valence electrons. The molecule has 4 nitrogen and oxygen atoms in total. The number of rotatable bonds is 3. The van der Waals surface area contributed by atoms with Crippen LogP contribution < -0.4 is 0 Å². The van der Waals surface area contributed by atoms with Crippen LogP contribution in [0.2, 0.25) is 10.3 Å². The third-order valence-electron chi connectivity index (χ3n) is 3.19. The molecule has 2 heterocycles. The highest BCUT2D eigenvalue weighted by molar-refractivity contribution is 6.34. The van der Waals surface area contributed by atoms with Crippen molar-refractivity contribution in [2.24, 2.45) is 7.05 Å². The van der Waals surface area contributed by atoms with Gasteiger partial charge in [0.15, 0.2) is 5.82 Å². The second-order valence-electron chi connectivity index (χ2n) is 6.17. The molecule has 0 spiro atoms. The van der Waals surface area contributed by atoms with Crippen molar-refractivity contribution in [3.05, 3.63) is 27.8 Å². The number of halogens is 2. The Hall–Kier alpha value is -1.13. The first kappa shape index (κ1) is 16.2. The van der Waals surface area contributed by atoms with Gasteiger partial charge in [-0.1, -0.05) is 57.3 Å². The highest BCUT2D eigenvalue weighted by Crippen LogP contribution is 2.32. The molecule has 0 aliphatic rings. The molecule has 0 saturated heterocycles. The number of aryl methyl sites for hydroxylation is 1. The molecule has 2 aromatic heterocycles. The Morgan fingerprint density at radius 3 is 2.19 bits per heavy atom. The summed E-state index contributed by atoms with van der Waals surface area (Å²) in [7, 11) is 1.88. The van der Waals surface area contributed by atoms with E-state index in [4.69, 9.17) is 23.2 Å². The van der Waals surface area contributed by atoms with Gasteiger partial charge < -0.3 is 0 Å². The fraction of sp³-hybridized carbons (Fsp3) is 0.533. The van der Waals surface area contributed by atoms with Gasteiger partial charge in [0.1, 0.15) is 10.3 Å². The van der Waals surface area contributed by atoms with E-state index in [2.05, 4.69) is 42.8 Å². The van der Waals surface area contributed by atoms with Gasteiger partial charge in [-0.15, -0.1) is 0 Å². The first-order chi connectivity index (χ1) is 9.74. The molecule has 0 aromatic carbocycles. The largest absolute Gasteiger partial charge is 0.275 e. The molecule has 0 fully saturated rings. The Morgan fingerprint density at radius 2 is 1.71 bits per heavy atom. The number of aromatic nitrogens is 4. The van der Waals surface area contributed by atoms with Crippen molar-refractivity contribution in [1.82, 2.24) is 19.7 Å². The van der Waals surface area contributed by atoms with Crippen molar-refractivity contribution < 1.29 is 0 Å². The molecule has 2 rings (SSSR count). The maximum atomic E-state index is 6.27. The molecule has 0 radical (unpaired) electrons. The van der Waals surface area contributed by atoms with Crippen molar-refractivity contribution in [2.75, 3.05) is 0 Å². The van der Waals surface area contributed by atoms with Crippen LogP contribution in [0.1, 0.15) is 45.4 Å². The zero-order chi connectivity index (χ0) is 15.8. The lowest BCUT2D eigenvalue weighted by atomic mass is 9.89. The first-order valence-electron chi connectivity index (χ1n) is 7.00. The van der Waals surface area contributed by atoms with Gasteiger partial charge in [-0.2, -0.15) is 5.10 Å². The summed E-state index contributed by atoms with van der Waals surface area (Å²) in [6.45, 7) is 8.38. The molecule has 21 heavy (non-hydrogen) atoms. The van der Waals surface area contributed by atoms with Gasteiger partial charge in [-0.3, -0.25) is 4.68 Å². The summed E-state index contributed by atoms with van der Waals surface area (Å²) in [6.07, 6.45) is 3.63. The second kappa shape index (κ2) is 5.93. The molecule has 0 bridgehead atoms. The van der Waals surface area contributed by atoms with Gasteiger partial charge in [0.25, 0.3) is 0 Å². The van der Waals surface area contributed by atoms with E-state index < -0.39 is 0 Å². The van der Waals surface area contributed by atoms with Crippen LogP contribution in [0.4, 0.5) is 0 Å².